The Morgan fingerprint density at radius 3 is 1.93 bits per heavy atom. The molecule has 0 heterocycles. The zero-order valence-corrected chi connectivity index (χ0v) is 8.96. The summed E-state index contributed by atoms with van der Waals surface area (Å²) in [6.45, 7) is 5.12. The van der Waals surface area contributed by atoms with E-state index in [0.29, 0.717) is 0 Å². The van der Waals surface area contributed by atoms with E-state index in [4.69, 9.17) is 0 Å². The predicted molar refractivity (Wildman–Crippen MR) is 49.4 cm³/mol. The van der Waals surface area contributed by atoms with Crippen LogP contribution in [0.2, 0.25) is 0 Å². The highest BCUT2D eigenvalue weighted by molar-refractivity contribution is 5.76. The molecular formula is C9H15F3N2O. The average Bonchev–Trinajstić information content (AvgIpc) is 2.61. The van der Waals surface area contributed by atoms with Gasteiger partial charge in [0.05, 0.1) is 0 Å². The molecule has 0 aliphatic heterocycles. The van der Waals surface area contributed by atoms with Crippen molar-refractivity contribution in [2.45, 2.75) is 50.9 Å². The lowest BCUT2D eigenvalue weighted by atomic mass is 10.1. The third-order valence-electron chi connectivity index (χ3n) is 2.13. The quantitative estimate of drug-likeness (QED) is 0.704. The van der Waals surface area contributed by atoms with Crippen LogP contribution in [0, 0.1) is 0 Å². The number of hydrogen-bond donors (Lipinski definition) is 2. The van der Waals surface area contributed by atoms with Crippen molar-refractivity contribution in [3.63, 3.8) is 0 Å². The zero-order chi connectivity index (χ0) is 11.9. The highest BCUT2D eigenvalue weighted by Crippen LogP contribution is 2.48. The number of halogens is 3. The van der Waals surface area contributed by atoms with Crippen LogP contribution in [0.5, 0.6) is 0 Å². The molecule has 15 heavy (non-hydrogen) atoms. The second kappa shape index (κ2) is 3.28. The molecule has 3 nitrogen and oxygen atoms in total. The van der Waals surface area contributed by atoms with Gasteiger partial charge in [0, 0.05) is 5.54 Å². The lowest BCUT2D eigenvalue weighted by Gasteiger charge is -2.25. The Hall–Kier alpha value is -0.940. The van der Waals surface area contributed by atoms with Crippen LogP contribution < -0.4 is 10.6 Å². The van der Waals surface area contributed by atoms with Crippen LogP contribution in [0.1, 0.15) is 33.6 Å². The second-order valence-electron chi connectivity index (χ2n) is 4.91. The highest BCUT2D eigenvalue weighted by atomic mass is 19.4. The summed E-state index contributed by atoms with van der Waals surface area (Å²) < 4.78 is 37.3. The minimum Gasteiger partial charge on any atom is -0.334 e. The van der Waals surface area contributed by atoms with Gasteiger partial charge in [-0.15, -0.1) is 0 Å². The number of nitrogens with one attached hydrogen (secondary N) is 2. The van der Waals surface area contributed by atoms with Crippen molar-refractivity contribution < 1.29 is 18.0 Å². The summed E-state index contributed by atoms with van der Waals surface area (Å²) in [5.74, 6) is 0. The molecule has 88 valence electrons. The van der Waals surface area contributed by atoms with Gasteiger partial charge < -0.3 is 10.6 Å². The first-order valence-corrected chi connectivity index (χ1v) is 4.73. The molecule has 0 aromatic heterocycles. The monoisotopic (exact) mass is 224 g/mol. The Morgan fingerprint density at radius 1 is 1.20 bits per heavy atom. The summed E-state index contributed by atoms with van der Waals surface area (Å²) in [5, 5.41) is 4.43. The Morgan fingerprint density at radius 2 is 1.67 bits per heavy atom. The van der Waals surface area contributed by atoms with Crippen LogP contribution in [-0.4, -0.2) is 23.3 Å². The molecule has 2 N–H and O–H groups in total. The van der Waals surface area contributed by atoms with Crippen LogP contribution >= 0.6 is 0 Å². The molecule has 0 spiro atoms. The molecule has 0 bridgehead atoms. The standard InChI is InChI=1S/C9H15F3N2O/c1-7(2,3)13-6(15)14-8(4-5-8)9(10,11)12/h4-5H2,1-3H3,(H2,13,14,15). The molecule has 0 aromatic rings. The molecule has 1 fully saturated rings. The van der Waals surface area contributed by atoms with E-state index >= 15 is 0 Å². The summed E-state index contributed by atoms with van der Waals surface area (Å²) in [5.41, 5.74) is -2.52. The Bertz CT molecular complexity index is 264. The first kappa shape index (κ1) is 12.1. The third kappa shape index (κ3) is 3.00. The van der Waals surface area contributed by atoms with E-state index in [2.05, 4.69) is 5.32 Å². The van der Waals surface area contributed by atoms with Crippen LogP contribution in [-0.2, 0) is 0 Å². The first-order valence-electron chi connectivity index (χ1n) is 4.73. The van der Waals surface area contributed by atoms with E-state index in [1.54, 1.807) is 20.8 Å². The van der Waals surface area contributed by atoms with Gasteiger partial charge in [-0.3, -0.25) is 0 Å². The van der Waals surface area contributed by atoms with E-state index in [0.717, 1.165) is 0 Å². The maximum absolute atomic E-state index is 12.4. The number of urea groups is 1. The minimum atomic E-state index is -4.36. The van der Waals surface area contributed by atoms with Gasteiger partial charge in [-0.25, -0.2) is 4.79 Å². The van der Waals surface area contributed by atoms with Gasteiger partial charge in [-0.1, -0.05) is 0 Å². The summed E-state index contributed by atoms with van der Waals surface area (Å²) >= 11 is 0. The topological polar surface area (TPSA) is 41.1 Å². The number of alkyl halides is 3. The third-order valence-corrected chi connectivity index (χ3v) is 2.13. The zero-order valence-electron chi connectivity index (χ0n) is 8.96. The van der Waals surface area contributed by atoms with E-state index < -0.39 is 23.3 Å². The molecule has 0 atom stereocenters. The molecule has 1 rings (SSSR count). The van der Waals surface area contributed by atoms with Crippen molar-refractivity contribution in [3.8, 4) is 0 Å². The van der Waals surface area contributed by atoms with Crippen molar-refractivity contribution in [2.24, 2.45) is 0 Å². The van der Waals surface area contributed by atoms with E-state index in [1.165, 1.54) is 0 Å². The molecule has 0 aromatic carbocycles. The van der Waals surface area contributed by atoms with Gasteiger partial charge in [-0.05, 0) is 33.6 Å². The Kier molecular flexibility index (Phi) is 2.65. The van der Waals surface area contributed by atoms with Gasteiger partial charge in [0.15, 0.2) is 0 Å². The molecule has 1 aliphatic carbocycles. The fourth-order valence-corrected chi connectivity index (χ4v) is 1.19. The van der Waals surface area contributed by atoms with Gasteiger partial charge in [0.25, 0.3) is 0 Å². The molecule has 1 aliphatic rings. The van der Waals surface area contributed by atoms with Gasteiger partial charge in [0.2, 0.25) is 0 Å². The van der Waals surface area contributed by atoms with E-state index in [-0.39, 0.29) is 12.8 Å². The van der Waals surface area contributed by atoms with Crippen molar-refractivity contribution in [3.05, 3.63) is 0 Å². The second-order valence-corrected chi connectivity index (χ2v) is 4.91. The summed E-state index contributed by atoms with van der Waals surface area (Å²) in [4.78, 5) is 11.2. The van der Waals surface area contributed by atoms with Gasteiger partial charge in [-0.2, -0.15) is 13.2 Å². The summed E-state index contributed by atoms with van der Waals surface area (Å²) in [7, 11) is 0. The van der Waals surface area contributed by atoms with Crippen molar-refractivity contribution in [1.29, 1.82) is 0 Å². The van der Waals surface area contributed by atoms with Gasteiger partial charge in [0.1, 0.15) is 5.54 Å². The molecular weight excluding hydrogens is 209 g/mol. The normalized spacial score (nSPS) is 19.6. The average molecular weight is 224 g/mol. The van der Waals surface area contributed by atoms with Crippen LogP contribution in [0.15, 0.2) is 0 Å². The molecule has 0 radical (unpaired) electrons. The van der Waals surface area contributed by atoms with Crippen LogP contribution in [0.4, 0.5) is 18.0 Å². The number of carbonyl (C=O) groups excluding carboxylic acids is 1. The van der Waals surface area contributed by atoms with Gasteiger partial charge >= 0.3 is 12.2 Å². The summed E-state index contributed by atoms with van der Waals surface area (Å²) in [6, 6.07) is -0.766. The number of hydrogen-bond acceptors (Lipinski definition) is 1. The molecule has 0 unspecified atom stereocenters. The van der Waals surface area contributed by atoms with E-state index in [1.807, 2.05) is 5.32 Å². The minimum absolute atomic E-state index is 0.0337. The molecule has 6 heteroatoms. The van der Waals surface area contributed by atoms with Crippen molar-refractivity contribution >= 4 is 6.03 Å². The Balaban J connectivity index is 2.53. The predicted octanol–water partition coefficient (Wildman–Crippen LogP) is 2.18. The number of carbonyl (C=O) groups is 1. The summed E-state index contributed by atoms with van der Waals surface area (Å²) in [6.07, 6.45) is -4.43. The molecule has 1 saturated carbocycles. The molecule has 0 saturated heterocycles. The smallest absolute Gasteiger partial charge is 0.334 e. The van der Waals surface area contributed by atoms with Crippen molar-refractivity contribution in [1.82, 2.24) is 10.6 Å². The fraction of sp³-hybridized carbons (Fsp3) is 0.889. The first-order chi connectivity index (χ1) is 6.56. The van der Waals surface area contributed by atoms with E-state index in [9.17, 15) is 18.0 Å². The van der Waals surface area contributed by atoms with Crippen LogP contribution in [0.25, 0.3) is 0 Å². The fourth-order valence-electron chi connectivity index (χ4n) is 1.19. The van der Waals surface area contributed by atoms with Crippen molar-refractivity contribution in [2.75, 3.05) is 0 Å². The lowest BCUT2D eigenvalue weighted by molar-refractivity contribution is -0.162. The number of amides is 2. The number of rotatable bonds is 1. The molecule has 2 amide bonds. The SMILES string of the molecule is CC(C)(C)NC(=O)NC1(C(F)(F)F)CC1. The lowest BCUT2D eigenvalue weighted by Crippen LogP contribution is -2.55. The van der Waals surface area contributed by atoms with Crippen LogP contribution in [0.3, 0.4) is 0 Å². The maximum atomic E-state index is 12.4. The Labute approximate surface area is 86.4 Å². The largest absolute Gasteiger partial charge is 0.411 e. The highest BCUT2D eigenvalue weighted by Gasteiger charge is 2.64. The maximum Gasteiger partial charge on any atom is 0.411 e.